The van der Waals surface area contributed by atoms with Crippen LogP contribution < -0.4 is 5.73 Å². The summed E-state index contributed by atoms with van der Waals surface area (Å²) < 4.78 is 5.46. The van der Waals surface area contributed by atoms with E-state index in [9.17, 15) is 0 Å². The van der Waals surface area contributed by atoms with Gasteiger partial charge in [0.15, 0.2) is 0 Å². The number of hydrogen-bond donors (Lipinski definition) is 1. The van der Waals surface area contributed by atoms with Gasteiger partial charge in [-0.25, -0.2) is 0 Å². The molecule has 2 fully saturated rings. The first kappa shape index (κ1) is 11.8. The highest BCUT2D eigenvalue weighted by molar-refractivity contribution is 14.1. The van der Waals surface area contributed by atoms with Gasteiger partial charge in [0, 0.05) is 31.1 Å². The van der Waals surface area contributed by atoms with Gasteiger partial charge in [0.1, 0.15) is 23.0 Å². The van der Waals surface area contributed by atoms with Crippen LogP contribution in [-0.4, -0.2) is 36.2 Å². The van der Waals surface area contributed by atoms with Crippen molar-refractivity contribution in [3.05, 3.63) is 12.2 Å². The van der Waals surface area contributed by atoms with Gasteiger partial charge in [-0.1, -0.05) is 12.2 Å². The van der Waals surface area contributed by atoms with Crippen molar-refractivity contribution < 1.29 is 3.07 Å². The SMILES string of the molecule is C/C=C/C(CN)N1CCC(OI)C2CC21. The number of piperidine rings is 1. The van der Waals surface area contributed by atoms with Crippen molar-refractivity contribution in [3.63, 3.8) is 0 Å². The number of nitrogens with two attached hydrogens (primary N) is 1. The third-order valence-corrected chi connectivity index (χ3v) is 4.23. The minimum Gasteiger partial charge on any atom is -0.329 e. The highest BCUT2D eigenvalue weighted by atomic mass is 127. The largest absolute Gasteiger partial charge is 0.329 e. The number of nitrogens with zero attached hydrogens (tertiary/aromatic N) is 1. The molecule has 0 bridgehead atoms. The number of likely N-dealkylation sites (tertiary alicyclic amines) is 1. The Hall–Kier alpha value is 0.350. The summed E-state index contributed by atoms with van der Waals surface area (Å²) in [5.74, 6) is 0.759. The van der Waals surface area contributed by atoms with E-state index in [1.807, 2.05) is 23.0 Å². The second-order valence-electron chi connectivity index (χ2n) is 4.45. The zero-order valence-electron chi connectivity index (χ0n) is 9.10. The maximum atomic E-state index is 5.81. The van der Waals surface area contributed by atoms with Gasteiger partial charge in [0.05, 0.1) is 6.10 Å². The first-order valence-corrected chi connectivity index (χ1v) is 6.56. The molecular formula is C11H19IN2O. The van der Waals surface area contributed by atoms with Crippen molar-refractivity contribution in [1.29, 1.82) is 0 Å². The summed E-state index contributed by atoms with van der Waals surface area (Å²) in [6.45, 7) is 3.91. The monoisotopic (exact) mass is 322 g/mol. The summed E-state index contributed by atoms with van der Waals surface area (Å²) in [7, 11) is 0. The molecule has 0 aromatic carbocycles. The Labute approximate surface area is 106 Å². The second-order valence-corrected chi connectivity index (χ2v) is 4.96. The first-order chi connectivity index (χ1) is 7.31. The lowest BCUT2D eigenvalue weighted by Gasteiger charge is -2.34. The van der Waals surface area contributed by atoms with Gasteiger partial charge in [-0.05, 0) is 19.8 Å². The Kier molecular flexibility index (Phi) is 4.04. The summed E-state index contributed by atoms with van der Waals surface area (Å²) in [6, 6.07) is 1.16. The van der Waals surface area contributed by atoms with E-state index in [1.165, 1.54) is 6.42 Å². The predicted molar refractivity (Wildman–Crippen MR) is 69.8 cm³/mol. The van der Waals surface area contributed by atoms with Gasteiger partial charge >= 0.3 is 0 Å². The van der Waals surface area contributed by atoms with Crippen molar-refractivity contribution in [3.8, 4) is 0 Å². The summed E-state index contributed by atoms with van der Waals surface area (Å²) >= 11 is 2.04. The van der Waals surface area contributed by atoms with Crippen LogP contribution in [0.25, 0.3) is 0 Å². The molecule has 3 nitrogen and oxygen atoms in total. The first-order valence-electron chi connectivity index (χ1n) is 5.67. The average molecular weight is 322 g/mol. The van der Waals surface area contributed by atoms with E-state index >= 15 is 0 Å². The van der Waals surface area contributed by atoms with Crippen LogP contribution in [0.1, 0.15) is 19.8 Å². The summed E-state index contributed by atoms with van der Waals surface area (Å²) in [5, 5.41) is 0. The van der Waals surface area contributed by atoms with Crippen LogP contribution in [0.5, 0.6) is 0 Å². The zero-order chi connectivity index (χ0) is 10.8. The van der Waals surface area contributed by atoms with Crippen molar-refractivity contribution in [2.24, 2.45) is 11.7 Å². The van der Waals surface area contributed by atoms with E-state index in [2.05, 4.69) is 24.0 Å². The second kappa shape index (κ2) is 5.12. The molecule has 2 rings (SSSR count). The molecular weight excluding hydrogens is 303 g/mol. The fraction of sp³-hybridized carbons (Fsp3) is 0.818. The maximum Gasteiger partial charge on any atom is 0.110 e. The molecule has 4 atom stereocenters. The molecule has 86 valence electrons. The minimum atomic E-state index is 0.431. The lowest BCUT2D eigenvalue weighted by atomic mass is 10.1. The molecule has 0 amide bonds. The van der Waals surface area contributed by atoms with Crippen LogP contribution >= 0.6 is 23.0 Å². The Morgan fingerprint density at radius 1 is 1.67 bits per heavy atom. The van der Waals surface area contributed by atoms with E-state index in [0.29, 0.717) is 12.1 Å². The van der Waals surface area contributed by atoms with E-state index in [-0.39, 0.29) is 0 Å². The number of halogens is 1. The fourth-order valence-electron chi connectivity index (χ4n) is 2.71. The quantitative estimate of drug-likeness (QED) is 0.633. The van der Waals surface area contributed by atoms with Gasteiger partial charge in [-0.2, -0.15) is 0 Å². The normalized spacial score (nSPS) is 37.9. The summed E-state index contributed by atoms with van der Waals surface area (Å²) in [4.78, 5) is 2.55. The minimum absolute atomic E-state index is 0.431. The number of fused-ring (bicyclic) bond motifs is 1. The molecule has 1 aliphatic heterocycles. The molecule has 15 heavy (non-hydrogen) atoms. The Bertz CT molecular complexity index is 247. The van der Waals surface area contributed by atoms with Gasteiger partial charge in [0.25, 0.3) is 0 Å². The number of allylic oxidation sites excluding steroid dienone is 1. The smallest absolute Gasteiger partial charge is 0.110 e. The Morgan fingerprint density at radius 2 is 2.47 bits per heavy atom. The van der Waals surface area contributed by atoms with Crippen LogP contribution in [-0.2, 0) is 3.07 Å². The van der Waals surface area contributed by atoms with Gasteiger partial charge in [-0.3, -0.25) is 4.90 Å². The maximum absolute atomic E-state index is 5.81. The molecule has 0 aromatic rings. The van der Waals surface area contributed by atoms with Crippen LogP contribution in [0.15, 0.2) is 12.2 Å². The molecule has 0 radical (unpaired) electrons. The molecule has 0 aromatic heterocycles. The summed E-state index contributed by atoms with van der Waals surface area (Å²) in [6.07, 6.45) is 7.26. The van der Waals surface area contributed by atoms with Gasteiger partial charge in [0.2, 0.25) is 0 Å². The molecule has 2 aliphatic rings. The number of hydrogen-bond acceptors (Lipinski definition) is 3. The average Bonchev–Trinajstić information content (AvgIpc) is 3.04. The van der Waals surface area contributed by atoms with E-state index in [0.717, 1.165) is 31.5 Å². The van der Waals surface area contributed by atoms with Crippen LogP contribution in [0.4, 0.5) is 0 Å². The van der Waals surface area contributed by atoms with Crippen molar-refractivity contribution in [2.75, 3.05) is 13.1 Å². The predicted octanol–water partition coefficient (Wildman–Crippen LogP) is 1.72. The van der Waals surface area contributed by atoms with Crippen LogP contribution in [0.2, 0.25) is 0 Å². The van der Waals surface area contributed by atoms with E-state index < -0.39 is 0 Å². The Balaban J connectivity index is 1.96. The van der Waals surface area contributed by atoms with Crippen molar-refractivity contribution in [1.82, 2.24) is 4.90 Å². The van der Waals surface area contributed by atoms with E-state index in [1.54, 1.807) is 0 Å². The molecule has 1 aliphatic carbocycles. The van der Waals surface area contributed by atoms with Crippen LogP contribution in [0.3, 0.4) is 0 Å². The lowest BCUT2D eigenvalue weighted by Crippen LogP contribution is -2.46. The molecule has 2 N–H and O–H groups in total. The number of rotatable bonds is 4. The molecule has 1 saturated heterocycles. The van der Waals surface area contributed by atoms with Crippen LogP contribution in [0, 0.1) is 5.92 Å². The van der Waals surface area contributed by atoms with Gasteiger partial charge in [-0.15, -0.1) is 0 Å². The third-order valence-electron chi connectivity index (χ3n) is 3.58. The third kappa shape index (κ3) is 2.38. The summed E-state index contributed by atoms with van der Waals surface area (Å²) in [5.41, 5.74) is 5.81. The molecule has 1 heterocycles. The highest BCUT2D eigenvalue weighted by Crippen LogP contribution is 2.46. The zero-order valence-corrected chi connectivity index (χ0v) is 11.3. The molecule has 1 saturated carbocycles. The Morgan fingerprint density at radius 3 is 3.07 bits per heavy atom. The standard InChI is InChI=1S/C11H19IN2O/c1-2-3-8(7-13)14-5-4-11(15-12)9-6-10(9)14/h2-3,8-11H,4-7,13H2,1H3/b3-2+. The topological polar surface area (TPSA) is 38.5 Å². The molecule has 4 heteroatoms. The van der Waals surface area contributed by atoms with Crippen molar-refractivity contribution >= 4 is 23.0 Å². The van der Waals surface area contributed by atoms with Gasteiger partial charge < -0.3 is 8.80 Å². The van der Waals surface area contributed by atoms with E-state index in [4.69, 9.17) is 8.80 Å². The van der Waals surface area contributed by atoms with Crippen molar-refractivity contribution in [2.45, 2.75) is 38.0 Å². The molecule has 0 spiro atoms. The molecule has 4 unspecified atom stereocenters. The highest BCUT2D eigenvalue weighted by Gasteiger charge is 2.51. The lowest BCUT2D eigenvalue weighted by molar-refractivity contribution is 0.109. The fourth-order valence-corrected chi connectivity index (χ4v) is 3.34.